The highest BCUT2D eigenvalue weighted by Crippen LogP contribution is 2.48. The van der Waals surface area contributed by atoms with E-state index in [9.17, 15) is 13.2 Å². The summed E-state index contributed by atoms with van der Waals surface area (Å²) in [5.41, 5.74) is 3.93. The van der Waals surface area contributed by atoms with Gasteiger partial charge in [0.25, 0.3) is 5.91 Å². The predicted octanol–water partition coefficient (Wildman–Crippen LogP) is 2.40. The fourth-order valence-corrected chi connectivity index (χ4v) is 4.05. The van der Waals surface area contributed by atoms with Crippen molar-refractivity contribution in [2.75, 3.05) is 10.6 Å². The molecule has 0 atom stereocenters. The Kier molecular flexibility index (Phi) is 3.13. The number of anilines is 2. The molecular formula is C18H17N3O3S. The van der Waals surface area contributed by atoms with E-state index in [0.29, 0.717) is 16.8 Å². The number of allylic oxidation sites excluding steroid dienone is 1. The molecule has 7 heteroatoms. The fraction of sp³-hybridized carbons (Fsp3) is 0.167. The van der Waals surface area contributed by atoms with Crippen molar-refractivity contribution >= 4 is 32.9 Å². The highest BCUT2D eigenvalue weighted by molar-refractivity contribution is 7.89. The van der Waals surface area contributed by atoms with Gasteiger partial charge in [-0.25, -0.2) is 13.6 Å². The largest absolute Gasteiger partial charge is 0.357 e. The molecule has 2 aliphatic heterocycles. The number of carbonyl (C=O) groups is 1. The molecule has 0 fully saturated rings. The topological polar surface area (TPSA) is 101 Å². The average molecular weight is 355 g/mol. The van der Waals surface area contributed by atoms with Gasteiger partial charge in [0, 0.05) is 28.1 Å². The number of benzene rings is 2. The molecule has 25 heavy (non-hydrogen) atoms. The first-order chi connectivity index (χ1) is 11.7. The van der Waals surface area contributed by atoms with E-state index in [1.165, 1.54) is 12.1 Å². The van der Waals surface area contributed by atoms with Crippen LogP contribution in [-0.4, -0.2) is 14.3 Å². The van der Waals surface area contributed by atoms with Crippen molar-refractivity contribution in [3.05, 3.63) is 59.3 Å². The molecule has 0 aromatic heterocycles. The lowest BCUT2D eigenvalue weighted by Crippen LogP contribution is -2.21. The number of para-hydroxylation sites is 1. The van der Waals surface area contributed by atoms with Gasteiger partial charge in [-0.15, -0.1) is 0 Å². The summed E-state index contributed by atoms with van der Waals surface area (Å²) in [6.07, 6.45) is 0. The van der Waals surface area contributed by atoms with Crippen LogP contribution in [0.3, 0.4) is 0 Å². The lowest BCUT2D eigenvalue weighted by Gasteiger charge is -2.22. The molecule has 2 heterocycles. The SMILES string of the molecule is CC1(C)/C(=C2/C(=O)Nc3ccc(S(N)(=O)=O)cc32)Nc2ccccc21. The van der Waals surface area contributed by atoms with E-state index in [1.54, 1.807) is 6.07 Å². The summed E-state index contributed by atoms with van der Waals surface area (Å²) >= 11 is 0. The average Bonchev–Trinajstić information content (AvgIpc) is 2.99. The van der Waals surface area contributed by atoms with Gasteiger partial charge in [-0.3, -0.25) is 4.79 Å². The third-order valence-corrected chi connectivity index (χ3v) is 5.71. The summed E-state index contributed by atoms with van der Waals surface area (Å²) in [6.45, 7) is 4.06. The molecule has 0 saturated heterocycles. The second-order valence-corrected chi connectivity index (χ2v) is 8.31. The van der Waals surface area contributed by atoms with Gasteiger partial charge in [0.1, 0.15) is 0 Å². The molecule has 6 nitrogen and oxygen atoms in total. The monoisotopic (exact) mass is 355 g/mol. The van der Waals surface area contributed by atoms with E-state index < -0.39 is 15.4 Å². The number of fused-ring (bicyclic) bond motifs is 2. The van der Waals surface area contributed by atoms with Crippen LogP contribution in [0, 0.1) is 0 Å². The Balaban J connectivity index is 1.97. The Bertz CT molecular complexity index is 1070. The van der Waals surface area contributed by atoms with Gasteiger partial charge in [-0.1, -0.05) is 32.0 Å². The molecule has 4 N–H and O–H groups in total. The highest BCUT2D eigenvalue weighted by atomic mass is 32.2. The summed E-state index contributed by atoms with van der Waals surface area (Å²) in [5, 5.41) is 11.4. The maximum Gasteiger partial charge on any atom is 0.258 e. The molecule has 2 aliphatic rings. The maximum absolute atomic E-state index is 12.6. The van der Waals surface area contributed by atoms with Crippen molar-refractivity contribution in [3.8, 4) is 0 Å². The zero-order valence-corrected chi connectivity index (χ0v) is 14.6. The van der Waals surface area contributed by atoms with Crippen molar-refractivity contribution in [1.29, 1.82) is 0 Å². The molecular weight excluding hydrogens is 338 g/mol. The second kappa shape index (κ2) is 4.93. The number of nitrogens with two attached hydrogens (primary N) is 1. The fourth-order valence-electron chi connectivity index (χ4n) is 3.51. The summed E-state index contributed by atoms with van der Waals surface area (Å²) in [4.78, 5) is 12.6. The second-order valence-electron chi connectivity index (χ2n) is 6.75. The van der Waals surface area contributed by atoms with Crippen LogP contribution in [0.25, 0.3) is 5.57 Å². The Morgan fingerprint density at radius 3 is 2.40 bits per heavy atom. The van der Waals surface area contributed by atoms with Crippen molar-refractivity contribution in [1.82, 2.24) is 0 Å². The summed E-state index contributed by atoms with van der Waals surface area (Å²) < 4.78 is 23.4. The van der Waals surface area contributed by atoms with Crippen LogP contribution in [0.5, 0.6) is 0 Å². The first-order valence-corrected chi connectivity index (χ1v) is 9.34. The molecule has 0 unspecified atom stereocenters. The molecule has 2 aromatic carbocycles. The smallest absolute Gasteiger partial charge is 0.258 e. The van der Waals surface area contributed by atoms with Crippen molar-refractivity contribution in [3.63, 3.8) is 0 Å². The number of amides is 1. The Hall–Kier alpha value is -2.64. The predicted molar refractivity (Wildman–Crippen MR) is 96.5 cm³/mol. The van der Waals surface area contributed by atoms with Gasteiger partial charge in [0.05, 0.1) is 10.5 Å². The van der Waals surface area contributed by atoms with Crippen LogP contribution in [-0.2, 0) is 20.2 Å². The van der Waals surface area contributed by atoms with Crippen LogP contribution < -0.4 is 15.8 Å². The van der Waals surface area contributed by atoms with Crippen LogP contribution in [0.4, 0.5) is 11.4 Å². The zero-order valence-electron chi connectivity index (χ0n) is 13.8. The molecule has 0 spiro atoms. The first-order valence-electron chi connectivity index (χ1n) is 7.79. The Labute approximate surface area is 145 Å². The van der Waals surface area contributed by atoms with E-state index in [0.717, 1.165) is 16.9 Å². The van der Waals surface area contributed by atoms with E-state index in [2.05, 4.69) is 10.6 Å². The van der Waals surface area contributed by atoms with E-state index in [1.807, 2.05) is 38.1 Å². The van der Waals surface area contributed by atoms with E-state index in [4.69, 9.17) is 5.14 Å². The van der Waals surface area contributed by atoms with E-state index >= 15 is 0 Å². The third-order valence-electron chi connectivity index (χ3n) is 4.80. The van der Waals surface area contributed by atoms with Crippen molar-refractivity contribution in [2.45, 2.75) is 24.2 Å². The van der Waals surface area contributed by atoms with Gasteiger partial charge in [-0.2, -0.15) is 0 Å². The molecule has 4 rings (SSSR count). The van der Waals surface area contributed by atoms with Gasteiger partial charge in [-0.05, 0) is 29.8 Å². The quantitative estimate of drug-likeness (QED) is 0.684. The Morgan fingerprint density at radius 2 is 1.72 bits per heavy atom. The number of carbonyl (C=O) groups excluding carboxylic acids is 1. The summed E-state index contributed by atoms with van der Waals surface area (Å²) in [7, 11) is -3.85. The lowest BCUT2D eigenvalue weighted by atomic mass is 9.81. The van der Waals surface area contributed by atoms with E-state index in [-0.39, 0.29) is 10.8 Å². The van der Waals surface area contributed by atoms with Crippen LogP contribution in [0.15, 0.2) is 53.1 Å². The lowest BCUT2D eigenvalue weighted by molar-refractivity contribution is -0.110. The number of rotatable bonds is 1. The molecule has 0 radical (unpaired) electrons. The molecule has 1 amide bonds. The van der Waals surface area contributed by atoms with Crippen molar-refractivity contribution < 1.29 is 13.2 Å². The third kappa shape index (κ3) is 2.27. The van der Waals surface area contributed by atoms with Gasteiger partial charge >= 0.3 is 0 Å². The van der Waals surface area contributed by atoms with Crippen molar-refractivity contribution in [2.24, 2.45) is 5.14 Å². The summed E-state index contributed by atoms with van der Waals surface area (Å²) in [6, 6.07) is 12.3. The van der Waals surface area contributed by atoms with Gasteiger partial charge in [0.2, 0.25) is 10.0 Å². The highest BCUT2D eigenvalue weighted by Gasteiger charge is 2.40. The summed E-state index contributed by atoms with van der Waals surface area (Å²) in [5.74, 6) is -0.259. The van der Waals surface area contributed by atoms with Crippen LogP contribution in [0.2, 0.25) is 0 Å². The minimum Gasteiger partial charge on any atom is -0.357 e. The normalized spacial score (nSPS) is 20.7. The maximum atomic E-state index is 12.6. The molecule has 0 saturated carbocycles. The number of hydrogen-bond acceptors (Lipinski definition) is 4. The van der Waals surface area contributed by atoms with Gasteiger partial charge < -0.3 is 10.6 Å². The molecule has 0 bridgehead atoms. The van der Waals surface area contributed by atoms with Crippen LogP contribution >= 0.6 is 0 Å². The molecule has 0 aliphatic carbocycles. The number of sulfonamides is 1. The standard InChI is InChI=1S/C18H17N3O3S/c1-18(2)12-5-3-4-6-14(12)20-16(18)15-11-9-10(25(19,23)24)7-8-13(11)21-17(15)22/h3-9,20H,1-2H3,(H,21,22)(H2,19,23,24)/b16-15-. The number of primary sulfonamides is 1. The molecule has 2 aromatic rings. The van der Waals surface area contributed by atoms with Gasteiger partial charge in [0.15, 0.2) is 0 Å². The molecule has 128 valence electrons. The first kappa shape index (κ1) is 15.9. The number of hydrogen-bond donors (Lipinski definition) is 3. The minimum absolute atomic E-state index is 0.0193. The van der Waals surface area contributed by atoms with Crippen LogP contribution in [0.1, 0.15) is 25.0 Å². The zero-order chi connectivity index (χ0) is 18.0. The number of nitrogens with one attached hydrogen (secondary N) is 2. The Morgan fingerprint density at radius 1 is 1.00 bits per heavy atom. The minimum atomic E-state index is -3.85.